The summed E-state index contributed by atoms with van der Waals surface area (Å²) >= 11 is 0. The van der Waals surface area contributed by atoms with E-state index in [2.05, 4.69) is 44.8 Å². The van der Waals surface area contributed by atoms with Gasteiger partial charge in [0.1, 0.15) is 0 Å². The summed E-state index contributed by atoms with van der Waals surface area (Å²) in [5.74, 6) is 1.63. The summed E-state index contributed by atoms with van der Waals surface area (Å²) in [6.07, 6.45) is 5.98. The fraction of sp³-hybridized carbons (Fsp3) is 0.938. The van der Waals surface area contributed by atoms with Gasteiger partial charge in [0.25, 0.3) is 0 Å². The number of nitrogens with one attached hydrogen (secondary N) is 1. The number of nitrogens with zero attached hydrogens (tertiary/aromatic N) is 1. The molecule has 1 saturated carbocycles. The average Bonchev–Trinajstić information content (AvgIpc) is 2.65. The largest absolute Gasteiger partial charge is 0.322 e. The van der Waals surface area contributed by atoms with E-state index in [1.165, 1.54) is 25.7 Å². The minimum absolute atomic E-state index is 0.218. The number of hydrogen-bond acceptors (Lipinski definition) is 2. The first-order valence-electron chi connectivity index (χ1n) is 7.99. The van der Waals surface area contributed by atoms with Crippen molar-refractivity contribution in [3.05, 3.63) is 0 Å². The normalized spacial score (nSPS) is 40.2. The zero-order chi connectivity index (χ0) is 14.2. The van der Waals surface area contributed by atoms with Crippen molar-refractivity contribution in [2.24, 2.45) is 11.8 Å². The molecule has 2 unspecified atom stereocenters. The maximum absolute atomic E-state index is 12.8. The van der Waals surface area contributed by atoms with E-state index in [1.807, 2.05) is 0 Å². The second-order valence-electron chi connectivity index (χ2n) is 7.14. The zero-order valence-corrected chi connectivity index (χ0v) is 13.2. The summed E-state index contributed by atoms with van der Waals surface area (Å²) in [6.45, 7) is 10.9. The molecule has 2 atom stereocenters. The molecule has 3 heteroatoms. The molecule has 1 amide bonds. The Bertz CT molecular complexity index is 334. The highest BCUT2D eigenvalue weighted by atomic mass is 16.2. The zero-order valence-electron chi connectivity index (χ0n) is 13.2. The van der Waals surface area contributed by atoms with Crippen LogP contribution in [-0.2, 0) is 4.79 Å². The number of amides is 1. The molecule has 0 aromatic heterocycles. The van der Waals surface area contributed by atoms with E-state index in [9.17, 15) is 4.79 Å². The van der Waals surface area contributed by atoms with Crippen LogP contribution in [-0.4, -0.2) is 28.6 Å². The lowest BCUT2D eigenvalue weighted by molar-refractivity contribution is -0.136. The molecule has 1 aliphatic heterocycles. The standard InChI is InChI=1S/C16H30N2O/c1-6-16(5)15(19)18(14(17-16)11(2)3)13-9-7-12(4)8-10-13/h11-14,17H,6-10H2,1-5H3. The topological polar surface area (TPSA) is 32.3 Å². The highest BCUT2D eigenvalue weighted by Crippen LogP contribution is 2.35. The first-order valence-corrected chi connectivity index (χ1v) is 7.99. The Labute approximate surface area is 118 Å². The highest BCUT2D eigenvalue weighted by Gasteiger charge is 2.50. The molecule has 3 nitrogen and oxygen atoms in total. The fourth-order valence-corrected chi connectivity index (χ4v) is 3.52. The Morgan fingerprint density at radius 2 is 1.89 bits per heavy atom. The maximum atomic E-state index is 12.8. The van der Waals surface area contributed by atoms with Crippen molar-refractivity contribution in [3.8, 4) is 0 Å². The predicted octanol–water partition coefficient (Wildman–Crippen LogP) is 3.15. The van der Waals surface area contributed by atoms with E-state index in [0.717, 1.165) is 12.3 Å². The van der Waals surface area contributed by atoms with E-state index in [0.29, 0.717) is 17.9 Å². The molecular formula is C16H30N2O. The third-order valence-corrected chi connectivity index (χ3v) is 5.19. The summed E-state index contributed by atoms with van der Waals surface area (Å²) in [5, 5.41) is 3.60. The van der Waals surface area contributed by atoms with Crippen molar-refractivity contribution in [3.63, 3.8) is 0 Å². The molecule has 2 rings (SSSR count). The van der Waals surface area contributed by atoms with Crippen LogP contribution in [0.4, 0.5) is 0 Å². The van der Waals surface area contributed by atoms with Gasteiger partial charge in [-0.1, -0.05) is 27.7 Å². The van der Waals surface area contributed by atoms with Crippen LogP contribution in [0.15, 0.2) is 0 Å². The van der Waals surface area contributed by atoms with Crippen LogP contribution in [0.3, 0.4) is 0 Å². The molecule has 1 heterocycles. The lowest BCUT2D eigenvalue weighted by atomic mass is 9.86. The number of carbonyl (C=O) groups is 1. The van der Waals surface area contributed by atoms with E-state index < -0.39 is 0 Å². The van der Waals surface area contributed by atoms with Gasteiger partial charge in [0, 0.05) is 6.04 Å². The van der Waals surface area contributed by atoms with Crippen molar-refractivity contribution < 1.29 is 4.79 Å². The van der Waals surface area contributed by atoms with Crippen molar-refractivity contribution in [1.29, 1.82) is 0 Å². The van der Waals surface area contributed by atoms with Crippen LogP contribution >= 0.6 is 0 Å². The van der Waals surface area contributed by atoms with Crippen LogP contribution in [0.2, 0.25) is 0 Å². The van der Waals surface area contributed by atoms with Crippen molar-refractivity contribution >= 4 is 5.91 Å². The van der Waals surface area contributed by atoms with E-state index in [-0.39, 0.29) is 11.7 Å². The van der Waals surface area contributed by atoms with Crippen molar-refractivity contribution in [2.45, 2.75) is 84.5 Å². The molecule has 1 saturated heterocycles. The molecule has 0 bridgehead atoms. The van der Waals surface area contributed by atoms with Gasteiger partial charge in [0.05, 0.1) is 11.7 Å². The summed E-state index contributed by atoms with van der Waals surface area (Å²) in [4.78, 5) is 15.0. The quantitative estimate of drug-likeness (QED) is 0.851. The van der Waals surface area contributed by atoms with Gasteiger partial charge in [-0.2, -0.15) is 0 Å². The second kappa shape index (κ2) is 5.43. The van der Waals surface area contributed by atoms with Gasteiger partial charge in [0.2, 0.25) is 5.91 Å². The summed E-state index contributed by atoms with van der Waals surface area (Å²) in [6, 6.07) is 0.456. The molecule has 2 aliphatic rings. The van der Waals surface area contributed by atoms with E-state index in [1.54, 1.807) is 0 Å². The lowest BCUT2D eigenvalue weighted by Gasteiger charge is -2.38. The van der Waals surface area contributed by atoms with Crippen LogP contribution < -0.4 is 5.32 Å². The second-order valence-corrected chi connectivity index (χ2v) is 7.14. The molecule has 0 aromatic rings. The SMILES string of the molecule is CCC1(C)NC(C(C)C)N(C2CCC(C)CC2)C1=O. The molecule has 0 spiro atoms. The lowest BCUT2D eigenvalue weighted by Crippen LogP contribution is -2.48. The third-order valence-electron chi connectivity index (χ3n) is 5.19. The number of rotatable bonds is 3. The fourth-order valence-electron chi connectivity index (χ4n) is 3.52. The average molecular weight is 266 g/mol. The Morgan fingerprint density at radius 3 is 2.37 bits per heavy atom. The van der Waals surface area contributed by atoms with E-state index >= 15 is 0 Å². The monoisotopic (exact) mass is 266 g/mol. The summed E-state index contributed by atoms with van der Waals surface area (Å²) in [7, 11) is 0. The predicted molar refractivity (Wildman–Crippen MR) is 78.7 cm³/mol. The van der Waals surface area contributed by atoms with Crippen molar-refractivity contribution in [2.75, 3.05) is 0 Å². The summed E-state index contributed by atoms with van der Waals surface area (Å²) in [5.41, 5.74) is -0.349. The summed E-state index contributed by atoms with van der Waals surface area (Å²) < 4.78 is 0. The van der Waals surface area contributed by atoms with E-state index in [4.69, 9.17) is 0 Å². The van der Waals surface area contributed by atoms with Crippen LogP contribution in [0.25, 0.3) is 0 Å². The van der Waals surface area contributed by atoms with Gasteiger partial charge >= 0.3 is 0 Å². The molecule has 1 aliphatic carbocycles. The first kappa shape index (κ1) is 14.8. The third kappa shape index (κ3) is 2.67. The Hall–Kier alpha value is -0.570. The minimum atomic E-state index is -0.349. The molecule has 0 radical (unpaired) electrons. The van der Waals surface area contributed by atoms with Crippen molar-refractivity contribution in [1.82, 2.24) is 10.2 Å². The van der Waals surface area contributed by atoms with Gasteiger partial charge in [-0.05, 0) is 50.9 Å². The molecule has 0 aromatic carbocycles. The van der Waals surface area contributed by atoms with Gasteiger partial charge in [-0.3, -0.25) is 10.1 Å². The van der Waals surface area contributed by atoms with Gasteiger partial charge in [0.15, 0.2) is 0 Å². The van der Waals surface area contributed by atoms with Gasteiger partial charge in [-0.15, -0.1) is 0 Å². The Morgan fingerprint density at radius 1 is 1.32 bits per heavy atom. The van der Waals surface area contributed by atoms with Crippen LogP contribution in [0.5, 0.6) is 0 Å². The van der Waals surface area contributed by atoms with Crippen LogP contribution in [0, 0.1) is 11.8 Å². The van der Waals surface area contributed by atoms with Gasteiger partial charge in [-0.25, -0.2) is 0 Å². The molecule has 19 heavy (non-hydrogen) atoms. The van der Waals surface area contributed by atoms with Gasteiger partial charge < -0.3 is 4.90 Å². The smallest absolute Gasteiger partial charge is 0.244 e. The highest BCUT2D eigenvalue weighted by molar-refractivity contribution is 5.88. The molecule has 110 valence electrons. The number of carbonyl (C=O) groups excluding carboxylic acids is 1. The minimum Gasteiger partial charge on any atom is -0.322 e. The molecular weight excluding hydrogens is 236 g/mol. The first-order chi connectivity index (χ1) is 8.89. The Balaban J connectivity index is 2.18. The number of hydrogen-bond donors (Lipinski definition) is 1. The van der Waals surface area contributed by atoms with Crippen LogP contribution in [0.1, 0.15) is 66.7 Å². The molecule has 1 N–H and O–H groups in total. The Kier molecular flexibility index (Phi) is 4.24. The molecule has 2 fully saturated rings. The maximum Gasteiger partial charge on any atom is 0.244 e.